The molecule has 0 bridgehead atoms. The Kier molecular flexibility index (Phi) is 1.93. The summed E-state index contributed by atoms with van der Waals surface area (Å²) in [5.41, 5.74) is 1.26. The normalized spacial score (nSPS) is 16.9. The third-order valence-electron chi connectivity index (χ3n) is 3.54. The van der Waals surface area contributed by atoms with Crippen LogP contribution in [0, 0.1) is 0 Å². The van der Waals surface area contributed by atoms with Crippen LogP contribution >= 0.6 is 0 Å². The van der Waals surface area contributed by atoms with Gasteiger partial charge in [-0.15, -0.1) is 0 Å². The van der Waals surface area contributed by atoms with Crippen LogP contribution in [0.1, 0.15) is 10.4 Å². The van der Waals surface area contributed by atoms with E-state index in [1.165, 1.54) is 4.90 Å². The van der Waals surface area contributed by atoms with E-state index in [0.29, 0.717) is 11.3 Å². The molecule has 0 fully saturated rings. The summed E-state index contributed by atoms with van der Waals surface area (Å²) in [6, 6.07) is 10.9. The van der Waals surface area contributed by atoms with Crippen molar-refractivity contribution >= 4 is 34.2 Å². The zero-order chi connectivity index (χ0) is 13.9. The van der Waals surface area contributed by atoms with Gasteiger partial charge in [0, 0.05) is 11.5 Å². The monoisotopic (exact) mass is 264 g/mol. The molecule has 0 aromatic heterocycles. The Balaban J connectivity index is 2.00. The Morgan fingerprint density at radius 1 is 0.950 bits per heavy atom. The van der Waals surface area contributed by atoms with Crippen LogP contribution in [-0.2, 0) is 9.59 Å². The standard InChI is InChI=1S/C15H8N2O3/c18-12-7-11(14(19)16-12)17-10-6-2-4-8-3-1-5-9(13(8)10)15(17)20/h1-7H,(H,16,18,19). The van der Waals surface area contributed by atoms with Gasteiger partial charge in [0.05, 0.1) is 11.3 Å². The molecule has 96 valence electrons. The van der Waals surface area contributed by atoms with Crippen molar-refractivity contribution in [1.82, 2.24) is 5.32 Å². The summed E-state index contributed by atoms with van der Waals surface area (Å²) in [5.74, 6) is -1.33. The molecule has 0 spiro atoms. The average molecular weight is 264 g/mol. The maximum atomic E-state index is 12.5. The van der Waals surface area contributed by atoms with Crippen molar-refractivity contribution in [1.29, 1.82) is 0 Å². The van der Waals surface area contributed by atoms with Crippen LogP contribution < -0.4 is 10.2 Å². The first-order chi connectivity index (χ1) is 9.66. The first-order valence-corrected chi connectivity index (χ1v) is 6.10. The molecule has 2 aliphatic rings. The minimum atomic E-state index is -0.548. The SMILES string of the molecule is O=C1C=C(N2C(=O)c3cccc4cccc2c34)C(=O)N1. The van der Waals surface area contributed by atoms with Crippen LogP contribution in [0.15, 0.2) is 48.2 Å². The second-order valence-electron chi connectivity index (χ2n) is 4.67. The molecule has 4 rings (SSSR count). The predicted molar refractivity (Wildman–Crippen MR) is 72.0 cm³/mol. The molecule has 3 amide bonds. The maximum Gasteiger partial charge on any atom is 0.275 e. The van der Waals surface area contributed by atoms with E-state index >= 15 is 0 Å². The van der Waals surface area contributed by atoms with E-state index in [-0.39, 0.29) is 11.6 Å². The van der Waals surface area contributed by atoms with Crippen LogP contribution in [0.25, 0.3) is 10.8 Å². The predicted octanol–water partition coefficient (Wildman–Crippen LogP) is 1.34. The fourth-order valence-electron chi connectivity index (χ4n) is 2.72. The Bertz CT molecular complexity index is 846. The fourth-order valence-corrected chi connectivity index (χ4v) is 2.72. The van der Waals surface area contributed by atoms with E-state index in [4.69, 9.17) is 0 Å². The number of hydrogen-bond acceptors (Lipinski definition) is 3. The molecule has 2 aromatic carbocycles. The van der Waals surface area contributed by atoms with E-state index in [2.05, 4.69) is 5.32 Å². The number of rotatable bonds is 1. The quantitative estimate of drug-likeness (QED) is 0.790. The summed E-state index contributed by atoms with van der Waals surface area (Å²) in [6.07, 6.45) is 1.16. The van der Waals surface area contributed by atoms with Crippen molar-refractivity contribution in [2.45, 2.75) is 0 Å². The van der Waals surface area contributed by atoms with Crippen LogP contribution in [0.5, 0.6) is 0 Å². The van der Waals surface area contributed by atoms with Gasteiger partial charge in [-0.05, 0) is 17.5 Å². The number of hydrogen-bond donors (Lipinski definition) is 1. The van der Waals surface area contributed by atoms with Crippen molar-refractivity contribution < 1.29 is 14.4 Å². The van der Waals surface area contributed by atoms with E-state index in [1.54, 1.807) is 18.2 Å². The molecule has 0 radical (unpaired) electrons. The fraction of sp³-hybridized carbons (Fsp3) is 0. The number of amides is 3. The number of anilines is 1. The Hall–Kier alpha value is -2.95. The number of nitrogens with one attached hydrogen (secondary N) is 1. The van der Waals surface area contributed by atoms with Crippen LogP contribution in [-0.4, -0.2) is 17.7 Å². The second-order valence-corrected chi connectivity index (χ2v) is 4.67. The number of nitrogens with zero attached hydrogens (tertiary/aromatic N) is 1. The molecule has 5 nitrogen and oxygen atoms in total. The molecule has 0 saturated carbocycles. The Morgan fingerprint density at radius 3 is 2.40 bits per heavy atom. The summed E-state index contributed by atoms with van der Waals surface area (Å²) < 4.78 is 0. The van der Waals surface area contributed by atoms with Crippen molar-refractivity contribution in [3.63, 3.8) is 0 Å². The highest BCUT2D eigenvalue weighted by atomic mass is 16.2. The number of carbonyl (C=O) groups is 3. The molecule has 0 aliphatic carbocycles. The molecule has 2 aromatic rings. The van der Waals surface area contributed by atoms with Gasteiger partial charge in [-0.3, -0.25) is 24.6 Å². The van der Waals surface area contributed by atoms with Gasteiger partial charge < -0.3 is 0 Å². The topological polar surface area (TPSA) is 66.5 Å². The molecule has 0 unspecified atom stereocenters. The highest BCUT2D eigenvalue weighted by Gasteiger charge is 2.37. The first-order valence-electron chi connectivity index (χ1n) is 6.10. The molecule has 2 aliphatic heterocycles. The van der Waals surface area contributed by atoms with Gasteiger partial charge in [-0.1, -0.05) is 24.3 Å². The summed E-state index contributed by atoms with van der Waals surface area (Å²) in [7, 11) is 0. The third-order valence-corrected chi connectivity index (χ3v) is 3.54. The lowest BCUT2D eigenvalue weighted by atomic mass is 10.1. The maximum absolute atomic E-state index is 12.5. The number of benzene rings is 2. The van der Waals surface area contributed by atoms with Gasteiger partial charge in [0.1, 0.15) is 5.70 Å². The molecule has 2 heterocycles. The smallest absolute Gasteiger partial charge is 0.275 e. The van der Waals surface area contributed by atoms with E-state index in [1.807, 2.05) is 18.2 Å². The van der Waals surface area contributed by atoms with Gasteiger partial charge in [0.15, 0.2) is 0 Å². The third kappa shape index (κ3) is 1.23. The molecule has 5 heteroatoms. The van der Waals surface area contributed by atoms with E-state index in [0.717, 1.165) is 16.8 Å². The van der Waals surface area contributed by atoms with Crippen LogP contribution in [0.4, 0.5) is 5.69 Å². The highest BCUT2D eigenvalue weighted by Crippen LogP contribution is 2.39. The molecule has 1 N–H and O–H groups in total. The molecular formula is C15H8N2O3. The minimum absolute atomic E-state index is 0.0729. The lowest BCUT2D eigenvalue weighted by molar-refractivity contribution is -0.123. The number of carbonyl (C=O) groups excluding carboxylic acids is 3. The summed E-state index contributed by atoms with van der Waals surface area (Å²) in [4.78, 5) is 36.9. The van der Waals surface area contributed by atoms with Crippen molar-refractivity contribution in [2.24, 2.45) is 0 Å². The molecule has 20 heavy (non-hydrogen) atoms. The summed E-state index contributed by atoms with van der Waals surface area (Å²) >= 11 is 0. The number of imide groups is 1. The van der Waals surface area contributed by atoms with Crippen LogP contribution in [0.2, 0.25) is 0 Å². The van der Waals surface area contributed by atoms with Gasteiger partial charge >= 0.3 is 0 Å². The van der Waals surface area contributed by atoms with Gasteiger partial charge in [0.2, 0.25) is 0 Å². The van der Waals surface area contributed by atoms with Gasteiger partial charge in [0.25, 0.3) is 17.7 Å². The zero-order valence-corrected chi connectivity index (χ0v) is 10.2. The molecule has 0 atom stereocenters. The average Bonchev–Trinajstić information content (AvgIpc) is 2.90. The van der Waals surface area contributed by atoms with Crippen molar-refractivity contribution in [3.8, 4) is 0 Å². The summed E-state index contributed by atoms with van der Waals surface area (Å²) in [5, 5.41) is 3.90. The van der Waals surface area contributed by atoms with Gasteiger partial charge in [-0.2, -0.15) is 0 Å². The lowest BCUT2D eigenvalue weighted by Gasteiger charge is -2.16. The lowest BCUT2D eigenvalue weighted by Crippen LogP contribution is -2.32. The van der Waals surface area contributed by atoms with Crippen LogP contribution in [0.3, 0.4) is 0 Å². The van der Waals surface area contributed by atoms with E-state index < -0.39 is 11.8 Å². The summed E-state index contributed by atoms with van der Waals surface area (Å²) in [6.45, 7) is 0. The largest absolute Gasteiger partial charge is 0.287 e. The Labute approximate surface area is 113 Å². The first kappa shape index (κ1) is 10.9. The van der Waals surface area contributed by atoms with E-state index in [9.17, 15) is 14.4 Å². The van der Waals surface area contributed by atoms with Crippen molar-refractivity contribution in [2.75, 3.05) is 4.90 Å². The zero-order valence-electron chi connectivity index (χ0n) is 10.2. The second kappa shape index (κ2) is 3.54. The van der Waals surface area contributed by atoms with Crippen molar-refractivity contribution in [3.05, 3.63) is 53.7 Å². The minimum Gasteiger partial charge on any atom is -0.287 e. The van der Waals surface area contributed by atoms with Gasteiger partial charge in [-0.25, -0.2) is 0 Å². The molecule has 0 saturated heterocycles. The molecular weight excluding hydrogens is 256 g/mol. The Morgan fingerprint density at radius 2 is 1.70 bits per heavy atom. The highest BCUT2D eigenvalue weighted by molar-refractivity contribution is 6.31.